The number of rotatable bonds is 8. The molecular formula is C27H30FN7O3. The molecule has 1 aromatic carbocycles. The van der Waals surface area contributed by atoms with E-state index in [-0.39, 0.29) is 22.7 Å². The summed E-state index contributed by atoms with van der Waals surface area (Å²) in [4.78, 5) is 35.4. The molecule has 0 radical (unpaired) electrons. The second kappa shape index (κ2) is 11.0. The number of carbonyl (C=O) groups excluding carboxylic acids is 2. The van der Waals surface area contributed by atoms with Gasteiger partial charge in [0.05, 0.1) is 29.6 Å². The van der Waals surface area contributed by atoms with E-state index >= 15 is 0 Å². The van der Waals surface area contributed by atoms with Gasteiger partial charge in [-0.1, -0.05) is 6.42 Å². The van der Waals surface area contributed by atoms with Crippen molar-refractivity contribution in [2.24, 2.45) is 7.05 Å². The number of halogens is 1. The number of carbonyl (C=O) groups is 2. The fourth-order valence-electron chi connectivity index (χ4n) is 4.66. The number of nitrogens with one attached hydrogen (secondary N) is 3. The largest absolute Gasteiger partial charge is 0.479 e. The summed E-state index contributed by atoms with van der Waals surface area (Å²) in [5, 5.41) is 10.4. The Morgan fingerprint density at radius 1 is 1.11 bits per heavy atom. The topological polar surface area (TPSA) is 117 Å². The van der Waals surface area contributed by atoms with Crippen molar-refractivity contribution in [3.63, 3.8) is 0 Å². The van der Waals surface area contributed by atoms with Crippen LogP contribution in [0, 0.1) is 5.82 Å². The number of anilines is 1. The van der Waals surface area contributed by atoms with Gasteiger partial charge in [0.25, 0.3) is 11.8 Å². The number of methoxy groups -OCH3 is 1. The van der Waals surface area contributed by atoms with E-state index in [0.717, 1.165) is 30.9 Å². The van der Waals surface area contributed by atoms with Gasteiger partial charge in [-0.25, -0.2) is 9.37 Å². The molecule has 38 heavy (non-hydrogen) atoms. The summed E-state index contributed by atoms with van der Waals surface area (Å²) in [5.74, 6) is -1.03. The first kappa shape index (κ1) is 25.4. The number of aromatic nitrogens is 4. The van der Waals surface area contributed by atoms with Crippen LogP contribution in [0.25, 0.3) is 22.3 Å². The van der Waals surface area contributed by atoms with Crippen LogP contribution in [0.15, 0.2) is 42.7 Å². The fraction of sp³-hybridized carbons (Fsp3) is 0.333. The Morgan fingerprint density at radius 2 is 1.92 bits per heavy atom. The number of hydrogen-bond donors (Lipinski definition) is 3. The molecule has 11 heteroatoms. The summed E-state index contributed by atoms with van der Waals surface area (Å²) in [5.41, 5.74) is 2.52. The quantitative estimate of drug-likeness (QED) is 0.328. The number of H-pyrrole nitrogens is 1. The van der Waals surface area contributed by atoms with Crippen molar-refractivity contribution < 1.29 is 18.7 Å². The van der Waals surface area contributed by atoms with Gasteiger partial charge in [-0.2, -0.15) is 0 Å². The lowest BCUT2D eigenvalue weighted by atomic mass is 10.1. The number of hydrogen-bond acceptors (Lipinski definition) is 6. The van der Waals surface area contributed by atoms with Gasteiger partial charge >= 0.3 is 0 Å². The van der Waals surface area contributed by atoms with Crippen LogP contribution in [0.5, 0.6) is 5.88 Å². The van der Waals surface area contributed by atoms with Crippen LogP contribution in [0.2, 0.25) is 0 Å². The zero-order valence-electron chi connectivity index (χ0n) is 21.4. The number of pyridine rings is 1. The average Bonchev–Trinajstić information content (AvgIpc) is 3.52. The van der Waals surface area contributed by atoms with Gasteiger partial charge in [0.2, 0.25) is 5.88 Å². The Kier molecular flexibility index (Phi) is 7.36. The molecule has 0 aliphatic carbocycles. The summed E-state index contributed by atoms with van der Waals surface area (Å²) in [6.07, 6.45) is 6.85. The number of likely N-dealkylation sites (tertiary alicyclic amines) is 1. The summed E-state index contributed by atoms with van der Waals surface area (Å²) in [6, 6.07) is 7.43. The second-order valence-corrected chi connectivity index (χ2v) is 9.38. The highest BCUT2D eigenvalue weighted by molar-refractivity contribution is 6.06. The Labute approximate surface area is 219 Å². The molecule has 0 bridgehead atoms. The maximum atomic E-state index is 14.5. The number of piperidine rings is 1. The van der Waals surface area contributed by atoms with E-state index < -0.39 is 11.7 Å². The van der Waals surface area contributed by atoms with Crippen molar-refractivity contribution in [2.75, 3.05) is 38.6 Å². The molecule has 198 valence electrons. The summed E-state index contributed by atoms with van der Waals surface area (Å²) in [6.45, 7) is 3.38. The standard InChI is InChI=1S/C27H30FN7O3/c1-34-16-20(27(33-34)38-2)22-14-18-12-19(15-30-24(18)31-22)26(37)32-23-13-17(6-7-21(23)28)25(36)29-8-11-35-9-4-3-5-10-35/h6-7,12-16H,3-5,8-11H2,1-2H3,(H,29,36)(H,30,31)(H,32,37). The molecule has 0 spiro atoms. The van der Waals surface area contributed by atoms with E-state index in [1.54, 1.807) is 24.9 Å². The number of benzene rings is 1. The first-order valence-electron chi connectivity index (χ1n) is 12.6. The third kappa shape index (κ3) is 5.52. The molecule has 0 atom stereocenters. The molecule has 4 aromatic rings. The molecular weight excluding hydrogens is 489 g/mol. The summed E-state index contributed by atoms with van der Waals surface area (Å²) >= 11 is 0. The second-order valence-electron chi connectivity index (χ2n) is 9.38. The minimum Gasteiger partial charge on any atom is -0.479 e. The number of ether oxygens (including phenoxy) is 1. The number of aryl methyl sites for hydroxylation is 1. The first-order valence-corrected chi connectivity index (χ1v) is 12.6. The van der Waals surface area contributed by atoms with E-state index in [4.69, 9.17) is 4.74 Å². The lowest BCUT2D eigenvalue weighted by molar-refractivity contribution is 0.0945. The molecule has 1 aliphatic heterocycles. The fourth-order valence-corrected chi connectivity index (χ4v) is 4.66. The minimum atomic E-state index is -0.634. The van der Waals surface area contributed by atoms with Crippen LogP contribution in [0.1, 0.15) is 40.0 Å². The van der Waals surface area contributed by atoms with E-state index in [1.165, 1.54) is 43.7 Å². The lowest BCUT2D eigenvalue weighted by Gasteiger charge is -2.26. The van der Waals surface area contributed by atoms with E-state index in [1.807, 2.05) is 12.3 Å². The lowest BCUT2D eigenvalue weighted by Crippen LogP contribution is -2.37. The van der Waals surface area contributed by atoms with Crippen molar-refractivity contribution in [1.29, 1.82) is 0 Å². The third-order valence-electron chi connectivity index (χ3n) is 6.65. The van der Waals surface area contributed by atoms with Crippen molar-refractivity contribution in [2.45, 2.75) is 19.3 Å². The highest BCUT2D eigenvalue weighted by Gasteiger charge is 2.17. The highest BCUT2D eigenvalue weighted by Crippen LogP contribution is 2.30. The molecule has 0 unspecified atom stereocenters. The van der Waals surface area contributed by atoms with Crippen molar-refractivity contribution in [3.05, 3.63) is 59.7 Å². The van der Waals surface area contributed by atoms with Gasteiger partial charge in [0.15, 0.2) is 0 Å². The van der Waals surface area contributed by atoms with Crippen LogP contribution < -0.4 is 15.4 Å². The average molecular weight is 520 g/mol. The molecule has 3 aromatic heterocycles. The van der Waals surface area contributed by atoms with Crippen LogP contribution in [0.4, 0.5) is 10.1 Å². The predicted octanol–water partition coefficient (Wildman–Crippen LogP) is 3.58. The molecule has 1 saturated heterocycles. The monoisotopic (exact) mass is 519 g/mol. The van der Waals surface area contributed by atoms with Crippen LogP contribution >= 0.6 is 0 Å². The van der Waals surface area contributed by atoms with Crippen molar-refractivity contribution in [3.8, 4) is 17.1 Å². The first-order chi connectivity index (χ1) is 18.4. The van der Waals surface area contributed by atoms with E-state index in [0.29, 0.717) is 23.5 Å². The van der Waals surface area contributed by atoms with Gasteiger partial charge in [-0.15, -0.1) is 5.10 Å². The molecule has 1 fully saturated rings. The van der Waals surface area contributed by atoms with Gasteiger partial charge < -0.3 is 25.3 Å². The molecule has 3 N–H and O–H groups in total. The SMILES string of the molecule is COc1nn(C)cc1-c1cc2cc(C(=O)Nc3cc(C(=O)NCCN4CCCCC4)ccc3F)cnc2[nH]1. The summed E-state index contributed by atoms with van der Waals surface area (Å²) in [7, 11) is 3.34. The molecule has 5 rings (SSSR count). The van der Waals surface area contributed by atoms with Gasteiger partial charge in [-0.05, 0) is 56.3 Å². The Balaban J connectivity index is 1.27. The molecule has 0 saturated carbocycles. The Hall–Kier alpha value is -4.25. The normalized spacial score (nSPS) is 14.0. The highest BCUT2D eigenvalue weighted by atomic mass is 19.1. The van der Waals surface area contributed by atoms with Crippen molar-refractivity contribution >= 4 is 28.5 Å². The smallest absolute Gasteiger partial charge is 0.257 e. The minimum absolute atomic E-state index is 0.0753. The maximum absolute atomic E-state index is 14.5. The van der Waals surface area contributed by atoms with Gasteiger partial charge in [-0.3, -0.25) is 14.3 Å². The number of aromatic amines is 1. The van der Waals surface area contributed by atoms with Crippen LogP contribution in [-0.2, 0) is 7.05 Å². The van der Waals surface area contributed by atoms with Gasteiger partial charge in [0.1, 0.15) is 11.5 Å². The maximum Gasteiger partial charge on any atom is 0.257 e. The number of amides is 2. The van der Waals surface area contributed by atoms with Gasteiger partial charge in [0, 0.05) is 43.5 Å². The predicted molar refractivity (Wildman–Crippen MR) is 142 cm³/mol. The zero-order chi connectivity index (χ0) is 26.6. The van der Waals surface area contributed by atoms with E-state index in [2.05, 4.69) is 30.6 Å². The van der Waals surface area contributed by atoms with Crippen LogP contribution in [0.3, 0.4) is 0 Å². The number of nitrogens with zero attached hydrogens (tertiary/aromatic N) is 4. The Morgan fingerprint density at radius 3 is 2.71 bits per heavy atom. The summed E-state index contributed by atoms with van der Waals surface area (Å²) < 4.78 is 21.5. The molecule has 1 aliphatic rings. The Bertz CT molecular complexity index is 1470. The number of fused-ring (bicyclic) bond motifs is 1. The molecule has 10 nitrogen and oxygen atoms in total. The molecule has 2 amide bonds. The van der Waals surface area contributed by atoms with Crippen molar-refractivity contribution in [1.82, 2.24) is 30.0 Å². The van der Waals surface area contributed by atoms with E-state index in [9.17, 15) is 14.0 Å². The third-order valence-corrected chi connectivity index (χ3v) is 6.65. The zero-order valence-corrected chi connectivity index (χ0v) is 21.4. The van der Waals surface area contributed by atoms with Crippen LogP contribution in [-0.4, -0.2) is 69.8 Å². The molecule has 4 heterocycles.